The Balaban J connectivity index is 2.35. The Bertz CT molecular complexity index is 606. The van der Waals surface area contributed by atoms with Gasteiger partial charge in [-0.1, -0.05) is 53.5 Å². The highest BCUT2D eigenvalue weighted by Gasteiger charge is 2.04. The first kappa shape index (κ1) is 11.9. The maximum absolute atomic E-state index is 11.6. The molecule has 5 heteroatoms. The SMILES string of the molecule is O=c1c(Cl)c(Cl)cnn1/C=C/c1ccccc1. The Morgan fingerprint density at radius 2 is 1.88 bits per heavy atom. The van der Waals surface area contributed by atoms with Gasteiger partial charge in [0.1, 0.15) is 5.02 Å². The number of aromatic nitrogens is 2. The van der Waals surface area contributed by atoms with Gasteiger partial charge in [0, 0.05) is 6.20 Å². The van der Waals surface area contributed by atoms with E-state index in [4.69, 9.17) is 23.2 Å². The van der Waals surface area contributed by atoms with Crippen molar-refractivity contribution >= 4 is 35.5 Å². The van der Waals surface area contributed by atoms with E-state index in [1.807, 2.05) is 30.3 Å². The quantitative estimate of drug-likeness (QED) is 0.837. The molecule has 0 atom stereocenters. The van der Waals surface area contributed by atoms with Gasteiger partial charge < -0.3 is 0 Å². The van der Waals surface area contributed by atoms with Crippen molar-refractivity contribution in [2.75, 3.05) is 0 Å². The minimum Gasteiger partial charge on any atom is -0.266 e. The molecule has 86 valence electrons. The Morgan fingerprint density at radius 1 is 1.18 bits per heavy atom. The van der Waals surface area contributed by atoms with E-state index in [1.165, 1.54) is 6.20 Å². The minimum absolute atomic E-state index is 0.0284. The summed E-state index contributed by atoms with van der Waals surface area (Å²) in [6.45, 7) is 0. The molecule has 0 amide bonds. The number of halogens is 2. The van der Waals surface area contributed by atoms with E-state index in [1.54, 1.807) is 12.3 Å². The number of hydrogen-bond donors (Lipinski definition) is 0. The van der Waals surface area contributed by atoms with Crippen molar-refractivity contribution in [2.45, 2.75) is 0 Å². The third-order valence-electron chi connectivity index (χ3n) is 2.11. The zero-order chi connectivity index (χ0) is 12.3. The maximum Gasteiger partial charge on any atom is 0.291 e. The number of rotatable bonds is 2. The molecule has 0 N–H and O–H groups in total. The highest BCUT2D eigenvalue weighted by molar-refractivity contribution is 6.41. The van der Waals surface area contributed by atoms with Crippen LogP contribution in [0.4, 0.5) is 0 Å². The van der Waals surface area contributed by atoms with Crippen LogP contribution in [-0.4, -0.2) is 9.78 Å². The van der Waals surface area contributed by atoms with E-state index in [9.17, 15) is 4.79 Å². The van der Waals surface area contributed by atoms with Crippen LogP contribution >= 0.6 is 23.2 Å². The van der Waals surface area contributed by atoms with Crippen LogP contribution in [0.2, 0.25) is 10.0 Å². The van der Waals surface area contributed by atoms with Gasteiger partial charge in [-0.3, -0.25) is 4.79 Å². The highest BCUT2D eigenvalue weighted by atomic mass is 35.5. The highest BCUT2D eigenvalue weighted by Crippen LogP contribution is 2.14. The average molecular weight is 267 g/mol. The molecule has 0 radical (unpaired) electrons. The van der Waals surface area contributed by atoms with E-state index in [2.05, 4.69) is 5.10 Å². The monoisotopic (exact) mass is 266 g/mol. The van der Waals surface area contributed by atoms with Crippen molar-refractivity contribution in [1.29, 1.82) is 0 Å². The largest absolute Gasteiger partial charge is 0.291 e. The molecular formula is C12H8Cl2N2O. The lowest BCUT2D eigenvalue weighted by Gasteiger charge is -1.99. The van der Waals surface area contributed by atoms with Gasteiger partial charge in [-0.2, -0.15) is 5.10 Å². The van der Waals surface area contributed by atoms with E-state index in [-0.39, 0.29) is 10.0 Å². The summed E-state index contributed by atoms with van der Waals surface area (Å²) in [4.78, 5) is 11.6. The summed E-state index contributed by atoms with van der Waals surface area (Å²) in [7, 11) is 0. The molecule has 0 saturated heterocycles. The van der Waals surface area contributed by atoms with Crippen LogP contribution < -0.4 is 5.56 Å². The van der Waals surface area contributed by atoms with Crippen molar-refractivity contribution in [3.05, 3.63) is 62.5 Å². The van der Waals surface area contributed by atoms with Crippen LogP contribution in [0.25, 0.3) is 12.3 Å². The fraction of sp³-hybridized carbons (Fsp3) is 0. The first-order chi connectivity index (χ1) is 8.18. The van der Waals surface area contributed by atoms with Gasteiger partial charge in [-0.25, -0.2) is 4.68 Å². The molecule has 2 rings (SSSR count). The van der Waals surface area contributed by atoms with Gasteiger partial charge in [0.15, 0.2) is 0 Å². The van der Waals surface area contributed by atoms with Crippen LogP contribution in [-0.2, 0) is 0 Å². The topological polar surface area (TPSA) is 34.9 Å². The fourth-order valence-electron chi connectivity index (χ4n) is 1.25. The molecule has 2 aromatic rings. The lowest BCUT2D eigenvalue weighted by atomic mass is 10.2. The molecule has 0 aliphatic heterocycles. The zero-order valence-electron chi connectivity index (χ0n) is 8.68. The number of benzene rings is 1. The summed E-state index contributed by atoms with van der Waals surface area (Å²) in [6.07, 6.45) is 4.64. The van der Waals surface area contributed by atoms with Gasteiger partial charge >= 0.3 is 0 Å². The fourth-order valence-corrected chi connectivity index (χ4v) is 1.51. The van der Waals surface area contributed by atoms with E-state index in [0.29, 0.717) is 0 Å². The molecule has 3 nitrogen and oxygen atoms in total. The molecule has 1 heterocycles. The molecular weight excluding hydrogens is 259 g/mol. The van der Waals surface area contributed by atoms with Crippen LogP contribution in [0.1, 0.15) is 5.56 Å². The summed E-state index contributed by atoms with van der Waals surface area (Å²) in [6, 6.07) is 9.56. The predicted octanol–water partition coefficient (Wildman–Crippen LogP) is 3.18. The van der Waals surface area contributed by atoms with Gasteiger partial charge in [0.2, 0.25) is 0 Å². The molecule has 0 unspecified atom stereocenters. The molecule has 0 fully saturated rings. The lowest BCUT2D eigenvalue weighted by Crippen LogP contribution is -2.18. The maximum atomic E-state index is 11.6. The normalized spacial score (nSPS) is 10.9. The van der Waals surface area contributed by atoms with E-state index < -0.39 is 5.56 Å². The molecule has 0 aliphatic carbocycles. The summed E-state index contributed by atoms with van der Waals surface area (Å²) >= 11 is 11.4. The Kier molecular flexibility index (Phi) is 3.61. The lowest BCUT2D eigenvalue weighted by molar-refractivity contribution is 0.855. The zero-order valence-corrected chi connectivity index (χ0v) is 10.2. The van der Waals surface area contributed by atoms with Crippen molar-refractivity contribution in [3.63, 3.8) is 0 Å². The van der Waals surface area contributed by atoms with Crippen molar-refractivity contribution in [2.24, 2.45) is 0 Å². The third-order valence-corrected chi connectivity index (χ3v) is 2.86. The second-order valence-corrected chi connectivity index (χ2v) is 4.07. The van der Waals surface area contributed by atoms with Crippen LogP contribution in [0, 0.1) is 0 Å². The number of hydrogen-bond acceptors (Lipinski definition) is 2. The Hall–Kier alpha value is -1.58. The van der Waals surface area contributed by atoms with Gasteiger partial charge in [-0.15, -0.1) is 0 Å². The molecule has 0 spiro atoms. The van der Waals surface area contributed by atoms with Crippen LogP contribution in [0.15, 0.2) is 41.3 Å². The molecule has 1 aromatic heterocycles. The van der Waals surface area contributed by atoms with Crippen molar-refractivity contribution in [3.8, 4) is 0 Å². The van der Waals surface area contributed by atoms with Crippen LogP contribution in [0.5, 0.6) is 0 Å². The second-order valence-electron chi connectivity index (χ2n) is 3.28. The summed E-state index contributed by atoms with van der Waals surface area (Å²) in [5.41, 5.74) is 0.527. The number of nitrogens with zero attached hydrogens (tertiary/aromatic N) is 2. The molecule has 0 aliphatic rings. The van der Waals surface area contributed by atoms with Crippen molar-refractivity contribution < 1.29 is 0 Å². The Labute approximate surface area is 108 Å². The van der Waals surface area contributed by atoms with E-state index >= 15 is 0 Å². The molecule has 0 bridgehead atoms. The first-order valence-electron chi connectivity index (χ1n) is 4.84. The molecule has 0 saturated carbocycles. The summed E-state index contributed by atoms with van der Waals surface area (Å²) in [5.74, 6) is 0. The van der Waals surface area contributed by atoms with Gasteiger partial charge in [0.05, 0.1) is 11.2 Å². The standard InChI is InChI=1S/C12H8Cl2N2O/c13-10-8-15-16(12(17)11(10)14)7-6-9-4-2-1-3-5-9/h1-8H/b7-6+. The molecule has 17 heavy (non-hydrogen) atoms. The smallest absolute Gasteiger partial charge is 0.266 e. The average Bonchev–Trinajstić information content (AvgIpc) is 2.36. The second kappa shape index (κ2) is 5.17. The third kappa shape index (κ3) is 2.75. The van der Waals surface area contributed by atoms with Crippen LogP contribution in [0.3, 0.4) is 0 Å². The Morgan fingerprint density at radius 3 is 2.59 bits per heavy atom. The van der Waals surface area contributed by atoms with E-state index in [0.717, 1.165) is 10.2 Å². The summed E-state index contributed by atoms with van der Waals surface area (Å²) in [5, 5.41) is 3.98. The summed E-state index contributed by atoms with van der Waals surface area (Å²) < 4.78 is 1.14. The van der Waals surface area contributed by atoms with Crippen molar-refractivity contribution in [1.82, 2.24) is 9.78 Å². The minimum atomic E-state index is -0.439. The molecule has 1 aromatic carbocycles. The first-order valence-corrected chi connectivity index (χ1v) is 5.60. The van der Waals surface area contributed by atoms with Gasteiger partial charge in [-0.05, 0) is 11.6 Å². The predicted molar refractivity (Wildman–Crippen MR) is 70.2 cm³/mol. The van der Waals surface area contributed by atoms with Gasteiger partial charge in [0.25, 0.3) is 5.56 Å².